The van der Waals surface area contributed by atoms with Gasteiger partial charge in [0.1, 0.15) is 11.5 Å². The lowest BCUT2D eigenvalue weighted by atomic mass is 10.3. The van der Waals surface area contributed by atoms with Crippen molar-refractivity contribution in [2.75, 3.05) is 19.0 Å². The lowest BCUT2D eigenvalue weighted by Gasteiger charge is -2.08. The van der Waals surface area contributed by atoms with Crippen LogP contribution in [0.15, 0.2) is 29.3 Å². The van der Waals surface area contributed by atoms with Gasteiger partial charge in [0, 0.05) is 5.75 Å². The van der Waals surface area contributed by atoms with Crippen molar-refractivity contribution in [3.8, 4) is 11.5 Å². The SMILES string of the molecule is CCOc1ccc(OCCSC(N)=NC2CCCC2)cc1.Cl. The fourth-order valence-electron chi connectivity index (χ4n) is 2.36. The van der Waals surface area contributed by atoms with E-state index in [2.05, 4.69) is 4.99 Å². The second-order valence-corrected chi connectivity index (χ2v) is 6.12. The molecule has 124 valence electrons. The molecule has 0 heterocycles. The number of nitrogens with two attached hydrogens (primary N) is 1. The number of halogens is 1. The zero-order valence-electron chi connectivity index (χ0n) is 13.0. The molecule has 6 heteroatoms. The zero-order valence-corrected chi connectivity index (χ0v) is 14.6. The molecule has 0 bridgehead atoms. The molecule has 1 fully saturated rings. The van der Waals surface area contributed by atoms with Crippen LogP contribution < -0.4 is 15.2 Å². The molecule has 1 saturated carbocycles. The van der Waals surface area contributed by atoms with Crippen molar-refractivity contribution in [1.82, 2.24) is 0 Å². The zero-order chi connectivity index (χ0) is 14.9. The summed E-state index contributed by atoms with van der Waals surface area (Å²) < 4.78 is 11.1. The van der Waals surface area contributed by atoms with E-state index in [0.717, 1.165) is 17.3 Å². The van der Waals surface area contributed by atoms with Crippen molar-refractivity contribution in [2.24, 2.45) is 10.7 Å². The number of aliphatic imine (C=N–C) groups is 1. The molecule has 0 radical (unpaired) electrons. The first-order valence-corrected chi connectivity index (χ1v) is 8.58. The summed E-state index contributed by atoms with van der Waals surface area (Å²) in [5.74, 6) is 2.53. The maximum absolute atomic E-state index is 5.93. The van der Waals surface area contributed by atoms with Gasteiger partial charge in [-0.2, -0.15) is 0 Å². The van der Waals surface area contributed by atoms with Gasteiger partial charge in [-0.05, 0) is 44.0 Å². The molecular formula is C16H25ClN2O2S. The van der Waals surface area contributed by atoms with E-state index in [4.69, 9.17) is 15.2 Å². The van der Waals surface area contributed by atoms with E-state index < -0.39 is 0 Å². The van der Waals surface area contributed by atoms with Crippen LogP contribution in [0, 0.1) is 0 Å². The van der Waals surface area contributed by atoms with Crippen LogP contribution in [0.4, 0.5) is 0 Å². The number of amidine groups is 1. The van der Waals surface area contributed by atoms with Gasteiger partial charge >= 0.3 is 0 Å². The van der Waals surface area contributed by atoms with E-state index in [1.165, 1.54) is 25.7 Å². The van der Waals surface area contributed by atoms with Gasteiger partial charge in [0.05, 0.1) is 19.3 Å². The van der Waals surface area contributed by atoms with Crippen LogP contribution in [-0.2, 0) is 0 Å². The Bertz CT molecular complexity index is 448. The van der Waals surface area contributed by atoms with Gasteiger partial charge in [0.15, 0.2) is 5.17 Å². The van der Waals surface area contributed by atoms with E-state index >= 15 is 0 Å². The Morgan fingerprint density at radius 2 is 1.77 bits per heavy atom. The number of hydrogen-bond donors (Lipinski definition) is 1. The number of thioether (sulfide) groups is 1. The Balaban J connectivity index is 0.00000242. The summed E-state index contributed by atoms with van der Waals surface area (Å²) in [7, 11) is 0. The first-order chi connectivity index (χ1) is 10.3. The lowest BCUT2D eigenvalue weighted by Crippen LogP contribution is -2.13. The second kappa shape index (κ2) is 10.6. The number of rotatable bonds is 7. The first-order valence-electron chi connectivity index (χ1n) is 7.59. The summed E-state index contributed by atoms with van der Waals surface area (Å²) >= 11 is 1.57. The third-order valence-electron chi connectivity index (χ3n) is 3.37. The maximum Gasteiger partial charge on any atom is 0.154 e. The fourth-order valence-corrected chi connectivity index (χ4v) is 2.95. The topological polar surface area (TPSA) is 56.8 Å². The smallest absolute Gasteiger partial charge is 0.154 e. The van der Waals surface area contributed by atoms with Crippen LogP contribution in [0.25, 0.3) is 0 Å². The number of nitrogens with zero attached hydrogens (tertiary/aromatic N) is 1. The van der Waals surface area contributed by atoms with Crippen molar-refractivity contribution in [1.29, 1.82) is 0 Å². The first kappa shape index (κ1) is 19.0. The molecule has 0 unspecified atom stereocenters. The van der Waals surface area contributed by atoms with Crippen LogP contribution in [0.3, 0.4) is 0 Å². The summed E-state index contributed by atoms with van der Waals surface area (Å²) in [4.78, 5) is 4.54. The Hall–Kier alpha value is -1.07. The van der Waals surface area contributed by atoms with Crippen molar-refractivity contribution >= 4 is 29.3 Å². The third kappa shape index (κ3) is 6.79. The number of ether oxygens (including phenoxy) is 2. The molecule has 0 aromatic heterocycles. The molecule has 22 heavy (non-hydrogen) atoms. The molecule has 0 atom stereocenters. The molecule has 1 aliphatic rings. The number of hydrogen-bond acceptors (Lipinski definition) is 4. The quantitative estimate of drug-likeness (QED) is 0.463. The van der Waals surface area contributed by atoms with Gasteiger partial charge in [0.2, 0.25) is 0 Å². The average molecular weight is 345 g/mol. The molecule has 0 spiro atoms. The molecular weight excluding hydrogens is 320 g/mol. The summed E-state index contributed by atoms with van der Waals surface area (Å²) in [5.41, 5.74) is 5.93. The van der Waals surface area contributed by atoms with E-state index in [9.17, 15) is 0 Å². The predicted molar refractivity (Wildman–Crippen MR) is 96.7 cm³/mol. The van der Waals surface area contributed by atoms with Gasteiger partial charge in [0.25, 0.3) is 0 Å². The van der Waals surface area contributed by atoms with E-state index in [1.54, 1.807) is 11.8 Å². The molecule has 2 N–H and O–H groups in total. The van der Waals surface area contributed by atoms with Crippen molar-refractivity contribution in [3.63, 3.8) is 0 Å². The standard InChI is InChI=1S/C16H24N2O2S.ClH/c1-2-19-14-7-9-15(10-8-14)20-11-12-21-16(17)18-13-5-3-4-6-13;/h7-10,13H,2-6,11-12H2,1H3,(H2,17,18);1H. The Morgan fingerprint density at radius 3 is 2.36 bits per heavy atom. The van der Waals surface area contributed by atoms with Crippen LogP contribution in [0.5, 0.6) is 11.5 Å². The van der Waals surface area contributed by atoms with Crippen molar-refractivity contribution in [3.05, 3.63) is 24.3 Å². The largest absolute Gasteiger partial charge is 0.494 e. The van der Waals surface area contributed by atoms with Crippen LogP contribution in [-0.4, -0.2) is 30.2 Å². The highest BCUT2D eigenvalue weighted by molar-refractivity contribution is 8.13. The lowest BCUT2D eigenvalue weighted by molar-refractivity contribution is 0.332. The third-order valence-corrected chi connectivity index (χ3v) is 4.14. The molecule has 0 aliphatic heterocycles. The van der Waals surface area contributed by atoms with Crippen molar-refractivity contribution < 1.29 is 9.47 Å². The van der Waals surface area contributed by atoms with Crippen molar-refractivity contribution in [2.45, 2.75) is 38.6 Å². The maximum atomic E-state index is 5.93. The molecule has 1 aromatic carbocycles. The molecule has 4 nitrogen and oxygen atoms in total. The van der Waals surface area contributed by atoms with Gasteiger partial charge in [-0.25, -0.2) is 0 Å². The summed E-state index contributed by atoms with van der Waals surface area (Å²) in [5, 5.41) is 0.692. The monoisotopic (exact) mass is 344 g/mol. The number of benzene rings is 1. The van der Waals surface area contributed by atoms with E-state index in [-0.39, 0.29) is 12.4 Å². The summed E-state index contributed by atoms with van der Waals surface area (Å²) in [6, 6.07) is 8.13. The molecule has 0 amide bonds. The molecule has 1 aromatic rings. The van der Waals surface area contributed by atoms with Gasteiger partial charge < -0.3 is 15.2 Å². The highest BCUT2D eigenvalue weighted by Gasteiger charge is 2.13. The predicted octanol–water partition coefficient (Wildman–Crippen LogP) is 3.88. The summed E-state index contributed by atoms with van der Waals surface area (Å²) in [6.07, 6.45) is 4.94. The minimum absolute atomic E-state index is 0. The highest BCUT2D eigenvalue weighted by atomic mass is 35.5. The minimum Gasteiger partial charge on any atom is -0.494 e. The molecule has 1 aliphatic carbocycles. The van der Waals surface area contributed by atoms with E-state index in [1.807, 2.05) is 31.2 Å². The van der Waals surface area contributed by atoms with E-state index in [0.29, 0.717) is 24.4 Å². The van der Waals surface area contributed by atoms with Crippen LogP contribution >= 0.6 is 24.2 Å². The summed E-state index contributed by atoms with van der Waals surface area (Å²) in [6.45, 7) is 3.27. The second-order valence-electron chi connectivity index (χ2n) is 5.01. The van der Waals surface area contributed by atoms with Gasteiger partial charge in [-0.15, -0.1) is 12.4 Å². The van der Waals surface area contributed by atoms with Gasteiger partial charge in [-0.1, -0.05) is 24.6 Å². The minimum atomic E-state index is 0. The average Bonchev–Trinajstić information content (AvgIpc) is 2.98. The Kier molecular flexibility index (Phi) is 9.16. The van der Waals surface area contributed by atoms with Crippen LogP contribution in [0.1, 0.15) is 32.6 Å². The fraction of sp³-hybridized carbons (Fsp3) is 0.562. The van der Waals surface area contributed by atoms with Gasteiger partial charge in [-0.3, -0.25) is 4.99 Å². The Labute approximate surface area is 143 Å². The Morgan fingerprint density at radius 1 is 1.18 bits per heavy atom. The highest BCUT2D eigenvalue weighted by Crippen LogP contribution is 2.22. The molecule has 2 rings (SSSR count). The molecule has 0 saturated heterocycles. The van der Waals surface area contributed by atoms with Crippen LogP contribution in [0.2, 0.25) is 0 Å². The normalized spacial score (nSPS) is 15.4.